The number of nitrogens with zero attached hydrogens (tertiary/aromatic N) is 2. The molecule has 1 fully saturated rings. The molecule has 0 aliphatic carbocycles. The molecule has 2 rings (SSSR count). The fourth-order valence-corrected chi connectivity index (χ4v) is 3.17. The number of rotatable bonds is 3. The number of nitrogens with one attached hydrogen (secondary N) is 1. The summed E-state index contributed by atoms with van der Waals surface area (Å²) in [5, 5.41) is 3.32. The van der Waals surface area contributed by atoms with Crippen LogP contribution in [0.1, 0.15) is 31.9 Å². The van der Waals surface area contributed by atoms with E-state index in [1.54, 1.807) is 6.33 Å². The summed E-state index contributed by atoms with van der Waals surface area (Å²) < 4.78 is 11.3. The molecule has 0 bridgehead atoms. The first-order valence-electron chi connectivity index (χ1n) is 5.58. The summed E-state index contributed by atoms with van der Waals surface area (Å²) in [6.45, 7) is 4.22. The quantitative estimate of drug-likeness (QED) is 0.869. The SMILES string of the molecule is CC(C)c1cc(NC2CCS(=O)C2)ncn1. The van der Waals surface area contributed by atoms with Crippen molar-refractivity contribution >= 4 is 16.6 Å². The first-order chi connectivity index (χ1) is 7.65. The van der Waals surface area contributed by atoms with E-state index in [9.17, 15) is 4.21 Å². The van der Waals surface area contributed by atoms with Crippen molar-refractivity contribution in [3.63, 3.8) is 0 Å². The second-order valence-corrected chi connectivity index (χ2v) is 6.04. The lowest BCUT2D eigenvalue weighted by molar-refractivity contribution is 0.686. The van der Waals surface area contributed by atoms with Crippen molar-refractivity contribution in [2.45, 2.75) is 32.2 Å². The summed E-state index contributed by atoms with van der Waals surface area (Å²) in [6.07, 6.45) is 2.55. The third-order valence-corrected chi connectivity index (χ3v) is 4.18. The van der Waals surface area contributed by atoms with Crippen LogP contribution in [-0.4, -0.2) is 31.7 Å². The van der Waals surface area contributed by atoms with E-state index in [0.717, 1.165) is 29.4 Å². The van der Waals surface area contributed by atoms with Crippen molar-refractivity contribution in [3.05, 3.63) is 18.1 Å². The van der Waals surface area contributed by atoms with E-state index in [-0.39, 0.29) is 0 Å². The van der Waals surface area contributed by atoms with Crippen LogP contribution in [0.25, 0.3) is 0 Å². The second-order valence-electron chi connectivity index (χ2n) is 4.42. The summed E-state index contributed by atoms with van der Waals surface area (Å²) in [6, 6.07) is 2.28. The zero-order chi connectivity index (χ0) is 11.5. The van der Waals surface area contributed by atoms with Crippen LogP contribution >= 0.6 is 0 Å². The number of hydrogen-bond donors (Lipinski definition) is 1. The van der Waals surface area contributed by atoms with Crippen molar-refractivity contribution < 1.29 is 4.21 Å². The van der Waals surface area contributed by atoms with Crippen molar-refractivity contribution in [2.75, 3.05) is 16.8 Å². The molecule has 1 aliphatic rings. The standard InChI is InChI=1S/C11H17N3OS/c1-8(2)10-5-11(13-7-12-10)14-9-3-4-16(15)6-9/h5,7-9H,3-4,6H2,1-2H3,(H,12,13,14). The molecule has 2 heterocycles. The van der Waals surface area contributed by atoms with Crippen molar-refractivity contribution in [1.29, 1.82) is 0 Å². The molecule has 1 aromatic rings. The van der Waals surface area contributed by atoms with Crippen LogP contribution < -0.4 is 5.32 Å². The molecule has 2 atom stereocenters. The Kier molecular flexibility index (Phi) is 3.53. The highest BCUT2D eigenvalue weighted by Gasteiger charge is 2.21. The smallest absolute Gasteiger partial charge is 0.129 e. The molecule has 88 valence electrons. The Labute approximate surface area is 98.3 Å². The van der Waals surface area contributed by atoms with Crippen molar-refractivity contribution in [3.8, 4) is 0 Å². The van der Waals surface area contributed by atoms with Gasteiger partial charge in [0.2, 0.25) is 0 Å². The molecule has 1 saturated heterocycles. The lowest BCUT2D eigenvalue weighted by Gasteiger charge is -2.12. The van der Waals surface area contributed by atoms with E-state index in [4.69, 9.17) is 0 Å². The molecule has 0 radical (unpaired) electrons. The van der Waals surface area contributed by atoms with Gasteiger partial charge < -0.3 is 5.32 Å². The molecule has 16 heavy (non-hydrogen) atoms. The maximum Gasteiger partial charge on any atom is 0.129 e. The fourth-order valence-electron chi connectivity index (χ4n) is 1.75. The Balaban J connectivity index is 2.04. The molecule has 0 amide bonds. The molecule has 0 aromatic carbocycles. The largest absolute Gasteiger partial charge is 0.366 e. The van der Waals surface area contributed by atoms with Gasteiger partial charge in [0.25, 0.3) is 0 Å². The Bertz CT molecular complexity index is 395. The van der Waals surface area contributed by atoms with E-state index < -0.39 is 10.8 Å². The summed E-state index contributed by atoms with van der Waals surface area (Å²) in [5.41, 5.74) is 1.04. The summed E-state index contributed by atoms with van der Waals surface area (Å²) in [7, 11) is -0.647. The molecule has 1 aliphatic heterocycles. The van der Waals surface area contributed by atoms with Gasteiger partial charge in [-0.25, -0.2) is 9.97 Å². The molecule has 0 saturated carbocycles. The van der Waals surface area contributed by atoms with Crippen LogP contribution in [0.4, 0.5) is 5.82 Å². The minimum absolute atomic E-state index is 0.302. The van der Waals surface area contributed by atoms with Gasteiger partial charge in [-0.15, -0.1) is 0 Å². The molecule has 2 unspecified atom stereocenters. The molecule has 5 heteroatoms. The van der Waals surface area contributed by atoms with Gasteiger partial charge >= 0.3 is 0 Å². The minimum atomic E-state index is -0.647. The number of aromatic nitrogens is 2. The summed E-state index contributed by atoms with van der Waals surface area (Å²) >= 11 is 0. The Morgan fingerprint density at radius 3 is 2.94 bits per heavy atom. The molecule has 0 spiro atoms. The Morgan fingerprint density at radius 1 is 1.50 bits per heavy atom. The van der Waals surface area contributed by atoms with Gasteiger partial charge in [0.05, 0.1) is 0 Å². The maximum atomic E-state index is 11.3. The molecular weight excluding hydrogens is 222 g/mol. The average molecular weight is 239 g/mol. The Morgan fingerprint density at radius 2 is 2.31 bits per heavy atom. The first-order valence-corrected chi connectivity index (χ1v) is 7.07. The van der Waals surface area contributed by atoms with Crippen LogP contribution in [0.15, 0.2) is 12.4 Å². The van der Waals surface area contributed by atoms with Crippen LogP contribution in [0.2, 0.25) is 0 Å². The van der Waals surface area contributed by atoms with Crippen LogP contribution in [0, 0.1) is 0 Å². The monoisotopic (exact) mass is 239 g/mol. The van der Waals surface area contributed by atoms with Gasteiger partial charge in [0, 0.05) is 40.1 Å². The topological polar surface area (TPSA) is 54.9 Å². The van der Waals surface area contributed by atoms with Crippen LogP contribution in [-0.2, 0) is 10.8 Å². The van der Waals surface area contributed by atoms with Gasteiger partial charge in [0.15, 0.2) is 0 Å². The van der Waals surface area contributed by atoms with Crippen molar-refractivity contribution in [1.82, 2.24) is 9.97 Å². The number of anilines is 1. The molecule has 1 aromatic heterocycles. The third-order valence-electron chi connectivity index (χ3n) is 2.71. The van der Waals surface area contributed by atoms with E-state index in [1.807, 2.05) is 6.07 Å². The van der Waals surface area contributed by atoms with Gasteiger partial charge in [-0.05, 0) is 12.3 Å². The minimum Gasteiger partial charge on any atom is -0.366 e. The molecule has 1 N–H and O–H groups in total. The second kappa shape index (κ2) is 4.91. The van der Waals surface area contributed by atoms with Gasteiger partial charge in [0.1, 0.15) is 12.1 Å². The zero-order valence-electron chi connectivity index (χ0n) is 9.64. The van der Waals surface area contributed by atoms with E-state index in [2.05, 4.69) is 29.1 Å². The van der Waals surface area contributed by atoms with Gasteiger partial charge in [-0.2, -0.15) is 0 Å². The molecular formula is C11H17N3OS. The zero-order valence-corrected chi connectivity index (χ0v) is 10.5. The number of hydrogen-bond acceptors (Lipinski definition) is 4. The molecule has 4 nitrogen and oxygen atoms in total. The predicted molar refractivity (Wildman–Crippen MR) is 66.0 cm³/mol. The predicted octanol–water partition coefficient (Wildman–Crippen LogP) is 1.53. The normalized spacial score (nSPS) is 24.9. The van der Waals surface area contributed by atoms with Crippen LogP contribution in [0.5, 0.6) is 0 Å². The highest BCUT2D eigenvalue weighted by atomic mass is 32.2. The van der Waals surface area contributed by atoms with Crippen LogP contribution in [0.3, 0.4) is 0 Å². The highest BCUT2D eigenvalue weighted by molar-refractivity contribution is 7.85. The summed E-state index contributed by atoms with van der Waals surface area (Å²) in [4.78, 5) is 8.41. The lowest BCUT2D eigenvalue weighted by Crippen LogP contribution is -2.20. The Hall–Kier alpha value is -0.970. The van der Waals surface area contributed by atoms with Gasteiger partial charge in [-0.1, -0.05) is 13.8 Å². The first kappa shape index (κ1) is 11.5. The maximum absolute atomic E-state index is 11.3. The van der Waals surface area contributed by atoms with Gasteiger partial charge in [-0.3, -0.25) is 4.21 Å². The lowest BCUT2D eigenvalue weighted by atomic mass is 10.1. The highest BCUT2D eigenvalue weighted by Crippen LogP contribution is 2.17. The average Bonchev–Trinajstić information content (AvgIpc) is 2.64. The van der Waals surface area contributed by atoms with E-state index in [1.165, 1.54) is 0 Å². The third kappa shape index (κ3) is 2.78. The van der Waals surface area contributed by atoms with Crippen molar-refractivity contribution in [2.24, 2.45) is 0 Å². The van der Waals surface area contributed by atoms with E-state index in [0.29, 0.717) is 12.0 Å². The van der Waals surface area contributed by atoms with E-state index >= 15 is 0 Å². The fraction of sp³-hybridized carbons (Fsp3) is 0.636. The summed E-state index contributed by atoms with van der Waals surface area (Å²) in [5.74, 6) is 2.80.